The molecule has 26 heavy (non-hydrogen) atoms. The van der Waals surface area contributed by atoms with Gasteiger partial charge in [-0.05, 0) is 36.4 Å². The number of nitrogens with zero attached hydrogens (tertiary/aromatic N) is 2. The van der Waals surface area contributed by atoms with Crippen LogP contribution in [0.15, 0.2) is 72.4 Å². The van der Waals surface area contributed by atoms with Crippen molar-refractivity contribution < 1.29 is 9.53 Å². The van der Waals surface area contributed by atoms with Crippen molar-refractivity contribution in [1.29, 1.82) is 0 Å². The van der Waals surface area contributed by atoms with Gasteiger partial charge in [-0.1, -0.05) is 42.5 Å². The van der Waals surface area contributed by atoms with Crippen LogP contribution in [0.4, 0.5) is 0 Å². The molecule has 0 saturated carbocycles. The van der Waals surface area contributed by atoms with Gasteiger partial charge >= 0.3 is 0 Å². The molecule has 0 radical (unpaired) electrons. The lowest BCUT2D eigenvalue weighted by molar-refractivity contribution is 0.0955. The number of carbonyl (C=O) groups is 1. The third kappa shape index (κ3) is 4.26. The van der Waals surface area contributed by atoms with Crippen LogP contribution in [0, 0.1) is 0 Å². The number of pyridine rings is 1. The number of hydrazone groups is 1. The minimum atomic E-state index is -0.332. The number of rotatable bonds is 6. The first-order chi connectivity index (χ1) is 12.7. The van der Waals surface area contributed by atoms with E-state index in [2.05, 4.69) is 22.1 Å². The van der Waals surface area contributed by atoms with Crippen molar-refractivity contribution in [3.63, 3.8) is 0 Å². The molecule has 0 unspecified atom stereocenters. The number of amides is 1. The van der Waals surface area contributed by atoms with Gasteiger partial charge in [0.15, 0.2) is 0 Å². The maximum absolute atomic E-state index is 12.1. The van der Waals surface area contributed by atoms with Crippen LogP contribution in [0.2, 0.25) is 5.15 Å². The van der Waals surface area contributed by atoms with Crippen molar-refractivity contribution in [2.75, 3.05) is 6.61 Å². The van der Waals surface area contributed by atoms with Gasteiger partial charge in [0.1, 0.15) is 17.5 Å². The van der Waals surface area contributed by atoms with E-state index >= 15 is 0 Å². The molecule has 0 fully saturated rings. The molecule has 0 bridgehead atoms. The number of benzene rings is 2. The number of nitrogens with one attached hydrogen (secondary N) is 1. The molecule has 1 heterocycles. The molecule has 130 valence electrons. The van der Waals surface area contributed by atoms with Gasteiger partial charge in [-0.3, -0.25) is 4.79 Å². The molecule has 3 rings (SSSR count). The number of halogens is 1. The van der Waals surface area contributed by atoms with Gasteiger partial charge in [0, 0.05) is 16.5 Å². The molecule has 0 saturated heterocycles. The highest BCUT2D eigenvalue weighted by molar-refractivity contribution is 6.32. The summed E-state index contributed by atoms with van der Waals surface area (Å²) in [6.45, 7) is 4.00. The number of carbonyl (C=O) groups excluding carboxylic acids is 1. The molecular formula is C20H16ClN3O2. The fraction of sp³-hybridized carbons (Fsp3) is 0.0500. The second-order valence-electron chi connectivity index (χ2n) is 5.38. The molecule has 1 N–H and O–H groups in total. The second kappa shape index (κ2) is 8.27. The van der Waals surface area contributed by atoms with E-state index in [-0.39, 0.29) is 5.91 Å². The van der Waals surface area contributed by atoms with Crippen molar-refractivity contribution in [3.8, 4) is 5.75 Å². The Morgan fingerprint density at radius 1 is 1.23 bits per heavy atom. The van der Waals surface area contributed by atoms with Crippen LogP contribution in [-0.2, 0) is 0 Å². The Bertz CT molecular complexity index is 968. The van der Waals surface area contributed by atoms with Crippen LogP contribution in [0.3, 0.4) is 0 Å². The normalized spacial score (nSPS) is 10.8. The zero-order chi connectivity index (χ0) is 18.4. The standard InChI is InChI=1S/C20H16ClN3O2/c1-2-11-26-17-9-7-14(8-10-17)20(25)24-22-13-16-12-15-5-3-4-6-18(15)23-19(16)21/h2-10,12-13H,1,11H2,(H,24,25)/b22-13-. The molecule has 0 aliphatic heterocycles. The first-order valence-electron chi connectivity index (χ1n) is 7.90. The van der Waals surface area contributed by atoms with Gasteiger partial charge in [-0.2, -0.15) is 5.10 Å². The summed E-state index contributed by atoms with van der Waals surface area (Å²) in [5.74, 6) is 0.334. The number of ether oxygens (including phenoxy) is 1. The Labute approximate surface area is 156 Å². The minimum absolute atomic E-state index is 0.324. The largest absolute Gasteiger partial charge is 0.490 e. The monoisotopic (exact) mass is 365 g/mol. The number of para-hydroxylation sites is 1. The molecule has 1 amide bonds. The Balaban J connectivity index is 1.67. The maximum Gasteiger partial charge on any atom is 0.271 e. The second-order valence-corrected chi connectivity index (χ2v) is 5.74. The fourth-order valence-corrected chi connectivity index (χ4v) is 2.48. The van der Waals surface area contributed by atoms with E-state index in [0.717, 1.165) is 10.9 Å². The van der Waals surface area contributed by atoms with Crippen molar-refractivity contribution in [3.05, 3.63) is 83.5 Å². The molecule has 0 aliphatic rings. The Morgan fingerprint density at radius 3 is 2.77 bits per heavy atom. The van der Waals surface area contributed by atoms with E-state index in [1.54, 1.807) is 30.3 Å². The van der Waals surface area contributed by atoms with Crippen LogP contribution in [-0.4, -0.2) is 23.7 Å². The predicted molar refractivity (Wildman–Crippen MR) is 104 cm³/mol. The third-order valence-electron chi connectivity index (χ3n) is 3.56. The molecular weight excluding hydrogens is 350 g/mol. The molecule has 0 aliphatic carbocycles. The average molecular weight is 366 g/mol. The van der Waals surface area contributed by atoms with Crippen LogP contribution >= 0.6 is 11.6 Å². The lowest BCUT2D eigenvalue weighted by atomic mass is 10.2. The van der Waals surface area contributed by atoms with Crippen LogP contribution in [0.25, 0.3) is 10.9 Å². The predicted octanol–water partition coefficient (Wildman–Crippen LogP) is 4.22. The van der Waals surface area contributed by atoms with E-state index < -0.39 is 0 Å². The average Bonchev–Trinajstić information content (AvgIpc) is 2.67. The third-order valence-corrected chi connectivity index (χ3v) is 3.86. The summed E-state index contributed by atoms with van der Waals surface area (Å²) in [6.07, 6.45) is 3.13. The summed E-state index contributed by atoms with van der Waals surface area (Å²) < 4.78 is 5.38. The fourth-order valence-electron chi connectivity index (χ4n) is 2.28. The highest BCUT2D eigenvalue weighted by atomic mass is 35.5. The molecule has 3 aromatic rings. The van der Waals surface area contributed by atoms with Gasteiger partial charge in [0.2, 0.25) is 0 Å². The van der Waals surface area contributed by atoms with E-state index in [1.165, 1.54) is 6.21 Å². The van der Waals surface area contributed by atoms with Gasteiger partial charge in [-0.25, -0.2) is 10.4 Å². The van der Waals surface area contributed by atoms with Crippen molar-refractivity contribution in [2.24, 2.45) is 5.10 Å². The number of aromatic nitrogens is 1. The number of hydrogen-bond acceptors (Lipinski definition) is 4. The lowest BCUT2D eigenvalue weighted by Crippen LogP contribution is -2.17. The van der Waals surface area contributed by atoms with Crippen LogP contribution in [0.5, 0.6) is 5.75 Å². The molecule has 5 nitrogen and oxygen atoms in total. The zero-order valence-corrected chi connectivity index (χ0v) is 14.6. The minimum Gasteiger partial charge on any atom is -0.490 e. The highest BCUT2D eigenvalue weighted by Gasteiger charge is 2.05. The summed E-state index contributed by atoms with van der Waals surface area (Å²) in [4.78, 5) is 16.4. The maximum atomic E-state index is 12.1. The SMILES string of the molecule is C=CCOc1ccc(C(=O)N/N=C\c2cc3ccccc3nc2Cl)cc1. The summed E-state index contributed by atoms with van der Waals surface area (Å²) >= 11 is 6.16. The van der Waals surface area contributed by atoms with Gasteiger partial charge in [-0.15, -0.1) is 0 Å². The summed E-state index contributed by atoms with van der Waals surface area (Å²) in [5, 5.41) is 5.23. The van der Waals surface area contributed by atoms with Crippen LogP contribution < -0.4 is 10.2 Å². The summed E-state index contributed by atoms with van der Waals surface area (Å²) in [6, 6.07) is 16.2. The molecule has 0 atom stereocenters. The molecule has 2 aromatic carbocycles. The quantitative estimate of drug-likeness (QED) is 0.308. The van der Waals surface area contributed by atoms with E-state index in [4.69, 9.17) is 16.3 Å². The zero-order valence-electron chi connectivity index (χ0n) is 13.9. The summed E-state index contributed by atoms with van der Waals surface area (Å²) in [7, 11) is 0. The molecule has 6 heteroatoms. The Hall–Kier alpha value is -3.18. The van der Waals surface area contributed by atoms with Crippen LogP contribution in [0.1, 0.15) is 15.9 Å². The van der Waals surface area contributed by atoms with Gasteiger partial charge in [0.25, 0.3) is 5.91 Å². The van der Waals surface area contributed by atoms with Crippen molar-refractivity contribution in [2.45, 2.75) is 0 Å². The smallest absolute Gasteiger partial charge is 0.271 e. The first kappa shape index (κ1) is 17.6. The van der Waals surface area contributed by atoms with E-state index in [9.17, 15) is 4.79 Å². The molecule has 1 aromatic heterocycles. The van der Waals surface area contributed by atoms with Gasteiger partial charge < -0.3 is 4.74 Å². The number of fused-ring (bicyclic) bond motifs is 1. The highest BCUT2D eigenvalue weighted by Crippen LogP contribution is 2.19. The van der Waals surface area contributed by atoms with Gasteiger partial charge in [0.05, 0.1) is 11.7 Å². The summed E-state index contributed by atoms with van der Waals surface area (Å²) in [5.41, 5.74) is 4.37. The van der Waals surface area contributed by atoms with Crippen molar-refractivity contribution in [1.82, 2.24) is 10.4 Å². The van der Waals surface area contributed by atoms with E-state index in [1.807, 2.05) is 30.3 Å². The van der Waals surface area contributed by atoms with Crippen molar-refractivity contribution >= 4 is 34.6 Å². The van der Waals surface area contributed by atoms with E-state index in [0.29, 0.717) is 28.6 Å². The lowest BCUT2D eigenvalue weighted by Gasteiger charge is -2.04. The molecule has 0 spiro atoms. The first-order valence-corrected chi connectivity index (χ1v) is 8.27. The topological polar surface area (TPSA) is 63.6 Å². The Morgan fingerprint density at radius 2 is 2.00 bits per heavy atom. The Kier molecular flexibility index (Phi) is 5.61. The number of hydrogen-bond donors (Lipinski definition) is 1.